The Morgan fingerprint density at radius 1 is 1.06 bits per heavy atom. The molecule has 0 unspecified atom stereocenters. The highest BCUT2D eigenvalue weighted by Crippen LogP contribution is 2.35. The first-order valence-corrected chi connectivity index (χ1v) is 10.6. The molecular weight excluding hydrogens is 452 g/mol. The molecule has 1 aliphatic heterocycles. The van der Waals surface area contributed by atoms with Crippen LogP contribution < -0.4 is 0 Å². The SMILES string of the molecule is Cc1nc2cc(F)ccc2cc1C(=O)N1CCc2c(nn(C)c2-c2cc(C(F)(F)F)nn2C)C1. The van der Waals surface area contributed by atoms with Crippen LogP contribution in [0.25, 0.3) is 22.3 Å². The number of nitrogens with zero attached hydrogens (tertiary/aromatic N) is 6. The highest BCUT2D eigenvalue weighted by molar-refractivity contribution is 5.98. The molecular formula is C23H20F4N6O. The number of aromatic nitrogens is 5. The maximum absolute atomic E-state index is 13.5. The Balaban J connectivity index is 1.47. The number of amides is 1. The number of carbonyl (C=O) groups is 1. The van der Waals surface area contributed by atoms with E-state index >= 15 is 0 Å². The number of pyridine rings is 1. The average molecular weight is 472 g/mol. The first-order chi connectivity index (χ1) is 16.0. The van der Waals surface area contributed by atoms with Gasteiger partial charge in [-0.1, -0.05) is 0 Å². The first kappa shape index (κ1) is 22.1. The zero-order chi connectivity index (χ0) is 24.4. The van der Waals surface area contributed by atoms with Gasteiger partial charge in [0.1, 0.15) is 5.82 Å². The number of aryl methyl sites for hydroxylation is 3. The molecule has 0 radical (unpaired) electrons. The van der Waals surface area contributed by atoms with Gasteiger partial charge >= 0.3 is 6.18 Å². The quantitative estimate of drug-likeness (QED) is 0.413. The molecule has 4 heterocycles. The zero-order valence-electron chi connectivity index (χ0n) is 18.6. The van der Waals surface area contributed by atoms with Gasteiger partial charge in [0.05, 0.1) is 40.4 Å². The number of alkyl halides is 3. The third kappa shape index (κ3) is 3.61. The number of carbonyl (C=O) groups excluding carboxylic acids is 1. The largest absolute Gasteiger partial charge is 0.435 e. The van der Waals surface area contributed by atoms with Crippen LogP contribution in [0.15, 0.2) is 30.3 Å². The summed E-state index contributed by atoms with van der Waals surface area (Å²) in [4.78, 5) is 19.3. The summed E-state index contributed by atoms with van der Waals surface area (Å²) in [5.74, 6) is -0.627. The number of hydrogen-bond donors (Lipinski definition) is 0. The molecule has 1 aromatic carbocycles. The topological polar surface area (TPSA) is 68.8 Å². The second-order valence-electron chi connectivity index (χ2n) is 8.37. The van der Waals surface area contributed by atoms with Crippen LogP contribution >= 0.6 is 0 Å². The first-order valence-electron chi connectivity index (χ1n) is 10.6. The third-order valence-corrected chi connectivity index (χ3v) is 6.10. The molecule has 0 fully saturated rings. The van der Waals surface area contributed by atoms with E-state index in [1.54, 1.807) is 31.0 Å². The minimum absolute atomic E-state index is 0.215. The van der Waals surface area contributed by atoms with Crippen molar-refractivity contribution in [1.82, 2.24) is 29.4 Å². The monoisotopic (exact) mass is 472 g/mol. The van der Waals surface area contributed by atoms with E-state index in [0.29, 0.717) is 52.2 Å². The van der Waals surface area contributed by atoms with Crippen LogP contribution in [0.2, 0.25) is 0 Å². The molecule has 34 heavy (non-hydrogen) atoms. The Morgan fingerprint density at radius 3 is 2.53 bits per heavy atom. The summed E-state index contributed by atoms with van der Waals surface area (Å²) >= 11 is 0. The number of rotatable bonds is 2. The van der Waals surface area contributed by atoms with Crippen molar-refractivity contribution in [1.29, 1.82) is 0 Å². The highest BCUT2D eigenvalue weighted by atomic mass is 19.4. The van der Waals surface area contributed by atoms with Crippen molar-refractivity contribution < 1.29 is 22.4 Å². The van der Waals surface area contributed by atoms with Crippen LogP contribution in [-0.4, -0.2) is 41.9 Å². The molecule has 5 rings (SSSR count). The zero-order valence-corrected chi connectivity index (χ0v) is 18.6. The summed E-state index contributed by atoms with van der Waals surface area (Å²) < 4.78 is 55.7. The summed E-state index contributed by atoms with van der Waals surface area (Å²) in [5.41, 5.74) is 2.70. The van der Waals surface area contributed by atoms with Gasteiger partial charge in [-0.2, -0.15) is 23.4 Å². The van der Waals surface area contributed by atoms with Gasteiger partial charge in [-0.05, 0) is 37.6 Å². The molecule has 1 aliphatic rings. The second-order valence-corrected chi connectivity index (χ2v) is 8.37. The molecule has 0 aliphatic carbocycles. The van der Waals surface area contributed by atoms with E-state index in [1.165, 1.54) is 28.5 Å². The molecule has 7 nitrogen and oxygen atoms in total. The standard InChI is InChI=1S/C23H20F4N6O/c1-12-16(8-13-4-5-14(24)9-17(13)28-12)22(34)33-7-6-15-18(11-33)29-32(3)21(15)19-10-20(23(25,26)27)30-31(19)2/h4-5,8-10H,6-7,11H2,1-3H3. The van der Waals surface area contributed by atoms with Crippen molar-refractivity contribution in [3.8, 4) is 11.4 Å². The molecule has 0 atom stereocenters. The normalized spacial score (nSPS) is 14.0. The van der Waals surface area contributed by atoms with Crippen LogP contribution in [0.5, 0.6) is 0 Å². The Labute approximate surface area is 191 Å². The lowest BCUT2D eigenvalue weighted by atomic mass is 10.0. The predicted molar refractivity (Wildman–Crippen MR) is 115 cm³/mol. The van der Waals surface area contributed by atoms with Crippen molar-refractivity contribution in [3.05, 3.63) is 64.4 Å². The second kappa shape index (κ2) is 7.64. The average Bonchev–Trinajstić information content (AvgIpc) is 3.30. The van der Waals surface area contributed by atoms with E-state index in [9.17, 15) is 22.4 Å². The van der Waals surface area contributed by atoms with Gasteiger partial charge in [-0.25, -0.2) is 4.39 Å². The lowest BCUT2D eigenvalue weighted by Gasteiger charge is -2.27. The van der Waals surface area contributed by atoms with Gasteiger partial charge in [-0.15, -0.1) is 0 Å². The lowest BCUT2D eigenvalue weighted by molar-refractivity contribution is -0.141. The van der Waals surface area contributed by atoms with Crippen molar-refractivity contribution in [3.63, 3.8) is 0 Å². The Bertz CT molecular complexity index is 1450. The summed E-state index contributed by atoms with van der Waals surface area (Å²) in [6, 6.07) is 6.94. The summed E-state index contributed by atoms with van der Waals surface area (Å²) in [5, 5.41) is 8.76. The molecule has 0 bridgehead atoms. The third-order valence-electron chi connectivity index (χ3n) is 6.10. The summed E-state index contributed by atoms with van der Waals surface area (Å²) in [6.45, 7) is 2.29. The van der Waals surface area contributed by atoms with Crippen molar-refractivity contribution in [2.45, 2.75) is 26.1 Å². The fourth-order valence-electron chi connectivity index (χ4n) is 4.46. The Morgan fingerprint density at radius 2 is 1.82 bits per heavy atom. The molecule has 0 N–H and O–H groups in total. The van der Waals surface area contributed by atoms with E-state index in [2.05, 4.69) is 15.2 Å². The van der Waals surface area contributed by atoms with Gasteiger partial charge in [-0.3, -0.25) is 19.1 Å². The number of benzene rings is 1. The lowest BCUT2D eigenvalue weighted by Crippen LogP contribution is -2.36. The van der Waals surface area contributed by atoms with Crippen molar-refractivity contribution in [2.24, 2.45) is 14.1 Å². The molecule has 1 amide bonds. The van der Waals surface area contributed by atoms with E-state index in [-0.39, 0.29) is 12.5 Å². The minimum atomic E-state index is -4.55. The van der Waals surface area contributed by atoms with E-state index in [1.807, 2.05) is 0 Å². The maximum Gasteiger partial charge on any atom is 0.435 e. The van der Waals surface area contributed by atoms with E-state index in [0.717, 1.165) is 11.6 Å². The predicted octanol–water partition coefficient (Wildman–Crippen LogP) is 4.03. The fourth-order valence-corrected chi connectivity index (χ4v) is 4.46. The summed E-state index contributed by atoms with van der Waals surface area (Å²) in [7, 11) is 3.13. The smallest absolute Gasteiger partial charge is 0.332 e. The van der Waals surface area contributed by atoms with Crippen molar-refractivity contribution in [2.75, 3.05) is 6.54 Å². The van der Waals surface area contributed by atoms with Crippen LogP contribution in [-0.2, 0) is 33.2 Å². The van der Waals surface area contributed by atoms with Gasteiger partial charge in [0, 0.05) is 37.7 Å². The van der Waals surface area contributed by atoms with Crippen LogP contribution in [0.4, 0.5) is 17.6 Å². The molecule has 0 saturated heterocycles. The highest BCUT2D eigenvalue weighted by Gasteiger charge is 2.36. The van der Waals surface area contributed by atoms with Gasteiger partial charge in [0.25, 0.3) is 5.91 Å². The number of fused-ring (bicyclic) bond motifs is 2. The molecule has 3 aromatic heterocycles. The molecule has 11 heteroatoms. The fraction of sp³-hybridized carbons (Fsp3) is 0.304. The molecule has 0 saturated carbocycles. The molecule has 0 spiro atoms. The maximum atomic E-state index is 13.5. The van der Waals surface area contributed by atoms with Crippen LogP contribution in [0.1, 0.15) is 33.0 Å². The van der Waals surface area contributed by atoms with E-state index < -0.39 is 17.7 Å². The Kier molecular flexibility index (Phi) is 4.96. The molecule has 4 aromatic rings. The summed E-state index contributed by atoms with van der Waals surface area (Å²) in [6.07, 6.45) is -4.11. The number of halogens is 4. The van der Waals surface area contributed by atoms with Gasteiger partial charge in [0.2, 0.25) is 0 Å². The Hall–Kier alpha value is -3.76. The van der Waals surface area contributed by atoms with Crippen LogP contribution in [0.3, 0.4) is 0 Å². The van der Waals surface area contributed by atoms with E-state index in [4.69, 9.17) is 0 Å². The number of hydrogen-bond acceptors (Lipinski definition) is 4. The minimum Gasteiger partial charge on any atom is -0.332 e. The van der Waals surface area contributed by atoms with Crippen LogP contribution in [0, 0.1) is 12.7 Å². The van der Waals surface area contributed by atoms with Gasteiger partial charge < -0.3 is 4.90 Å². The van der Waals surface area contributed by atoms with Gasteiger partial charge in [0.15, 0.2) is 5.69 Å². The van der Waals surface area contributed by atoms with Crippen molar-refractivity contribution >= 4 is 16.8 Å². The molecule has 176 valence electrons.